The molecule has 0 amide bonds. The van der Waals surface area contributed by atoms with Gasteiger partial charge in [0.2, 0.25) is 6.29 Å². The maximum absolute atomic E-state index is 13.4. The van der Waals surface area contributed by atoms with Crippen molar-refractivity contribution in [3.8, 4) is 0 Å². The van der Waals surface area contributed by atoms with Crippen molar-refractivity contribution in [3.63, 3.8) is 0 Å². The van der Waals surface area contributed by atoms with Gasteiger partial charge in [0, 0.05) is 18.6 Å². The van der Waals surface area contributed by atoms with Crippen LogP contribution in [-0.2, 0) is 49.9 Å². The molecule has 0 radical (unpaired) electrons. The highest BCUT2D eigenvalue weighted by molar-refractivity contribution is 5.89. The summed E-state index contributed by atoms with van der Waals surface area (Å²) >= 11 is 0. The molecule has 0 unspecified atom stereocenters. The average Bonchev–Trinajstić information content (AvgIpc) is 3.17. The van der Waals surface area contributed by atoms with Crippen LogP contribution in [0.4, 0.5) is 5.69 Å². The number of aliphatic hydroxyl groups excluding tert-OH is 1. The van der Waals surface area contributed by atoms with Crippen LogP contribution in [0.5, 0.6) is 0 Å². The number of nitrogens with zero attached hydrogens (tertiary/aromatic N) is 1. The zero-order valence-corrected chi connectivity index (χ0v) is 27.9. The van der Waals surface area contributed by atoms with E-state index >= 15 is 0 Å². The first kappa shape index (κ1) is 35.6. The lowest BCUT2D eigenvalue weighted by Crippen LogP contribution is -2.70. The number of non-ortho nitro benzene ring substituents is 1. The number of rotatable bonds is 15. The molecule has 0 aromatic heterocycles. The third-order valence-electron chi connectivity index (χ3n) is 8.78. The van der Waals surface area contributed by atoms with E-state index in [0.717, 1.165) is 22.3 Å². The van der Waals surface area contributed by atoms with Gasteiger partial charge in [0.1, 0.15) is 23.9 Å². The van der Waals surface area contributed by atoms with Crippen molar-refractivity contribution >= 4 is 11.7 Å². The summed E-state index contributed by atoms with van der Waals surface area (Å²) in [5.74, 6) is -0.833. The highest BCUT2D eigenvalue weighted by Crippen LogP contribution is 2.40. The molecule has 0 saturated carbocycles. The Morgan fingerprint density at radius 3 is 1.76 bits per heavy atom. The molecule has 1 N–H and O–H groups in total. The molecule has 5 aromatic carbocycles. The lowest BCUT2D eigenvalue weighted by atomic mass is 9.78. The van der Waals surface area contributed by atoms with Gasteiger partial charge in [0.25, 0.3) is 5.69 Å². The Kier molecular flexibility index (Phi) is 12.0. The summed E-state index contributed by atoms with van der Waals surface area (Å²) in [6.45, 7) is 0.554. The third kappa shape index (κ3) is 9.12. The summed E-state index contributed by atoms with van der Waals surface area (Å²) in [7, 11) is 0. The van der Waals surface area contributed by atoms with E-state index in [-0.39, 0.29) is 44.1 Å². The minimum atomic E-state index is -1.51. The molecule has 0 aliphatic carbocycles. The minimum absolute atomic E-state index is 0.0000166. The van der Waals surface area contributed by atoms with Crippen LogP contribution in [0, 0.1) is 10.1 Å². The molecule has 10 heteroatoms. The Hall–Kier alpha value is -5.23. The van der Waals surface area contributed by atoms with Crippen molar-refractivity contribution < 1.29 is 38.5 Å². The van der Waals surface area contributed by atoms with Gasteiger partial charge < -0.3 is 28.8 Å². The Morgan fingerprint density at radius 2 is 1.22 bits per heavy atom. The summed E-state index contributed by atoms with van der Waals surface area (Å²) < 4.78 is 32.2. The molecular formula is C41H39NO9. The first-order valence-corrected chi connectivity index (χ1v) is 16.7. The van der Waals surface area contributed by atoms with Crippen molar-refractivity contribution in [2.24, 2.45) is 0 Å². The van der Waals surface area contributed by atoms with Gasteiger partial charge in [-0.1, -0.05) is 121 Å². The predicted molar refractivity (Wildman–Crippen MR) is 188 cm³/mol. The molecule has 1 heterocycles. The summed E-state index contributed by atoms with van der Waals surface area (Å²) in [5, 5.41) is 23.3. The van der Waals surface area contributed by atoms with Crippen molar-refractivity contribution in [3.05, 3.63) is 184 Å². The van der Waals surface area contributed by atoms with E-state index in [1.807, 2.05) is 121 Å². The molecule has 0 bridgehead atoms. The highest BCUT2D eigenvalue weighted by Gasteiger charge is 2.59. The number of carbonyl (C=O) groups is 1. The van der Waals surface area contributed by atoms with E-state index in [2.05, 4.69) is 0 Å². The van der Waals surface area contributed by atoms with E-state index in [0.29, 0.717) is 0 Å². The topological polar surface area (TPSA) is 127 Å². The maximum Gasteiger partial charge on any atom is 0.340 e. The molecule has 10 nitrogen and oxygen atoms in total. The fraction of sp³-hybridized carbons (Fsp3) is 0.244. The largest absolute Gasteiger partial charge is 0.429 e. The van der Waals surface area contributed by atoms with E-state index < -0.39 is 41.1 Å². The first-order valence-electron chi connectivity index (χ1n) is 16.7. The maximum atomic E-state index is 13.4. The van der Waals surface area contributed by atoms with Crippen molar-refractivity contribution in [1.82, 2.24) is 0 Å². The number of nitro groups is 1. The van der Waals surface area contributed by atoms with Gasteiger partial charge in [0.15, 0.2) is 0 Å². The van der Waals surface area contributed by atoms with Crippen LogP contribution in [0.1, 0.15) is 32.6 Å². The first-order chi connectivity index (χ1) is 24.9. The molecular weight excluding hydrogens is 650 g/mol. The van der Waals surface area contributed by atoms with E-state index in [1.165, 1.54) is 24.3 Å². The minimum Gasteiger partial charge on any atom is -0.429 e. The number of carbonyl (C=O) groups excluding carboxylic acids is 1. The number of benzene rings is 5. The Morgan fingerprint density at radius 1 is 0.706 bits per heavy atom. The van der Waals surface area contributed by atoms with E-state index in [9.17, 15) is 20.0 Å². The van der Waals surface area contributed by atoms with Gasteiger partial charge >= 0.3 is 5.97 Å². The molecule has 51 heavy (non-hydrogen) atoms. The van der Waals surface area contributed by atoms with Crippen LogP contribution >= 0.6 is 0 Å². The number of ether oxygens (including phenoxy) is 5. The van der Waals surface area contributed by atoms with Gasteiger partial charge in [-0.15, -0.1) is 0 Å². The van der Waals surface area contributed by atoms with Gasteiger partial charge in [-0.05, 0) is 34.4 Å². The molecule has 1 aliphatic rings. The molecule has 0 spiro atoms. The van der Waals surface area contributed by atoms with Gasteiger partial charge in [-0.2, -0.15) is 0 Å². The van der Waals surface area contributed by atoms with E-state index in [1.54, 1.807) is 0 Å². The van der Waals surface area contributed by atoms with Crippen LogP contribution < -0.4 is 0 Å². The smallest absolute Gasteiger partial charge is 0.340 e. The van der Waals surface area contributed by atoms with Crippen molar-refractivity contribution in [2.45, 2.75) is 56.4 Å². The SMILES string of the molecule is O=C(O[C@H]1O[C@H](COCc2ccccc2)[C@@](Cc2ccccc2)(OCc2ccccc2)[C@H](OCc2ccccc2)[C@H]1O)c1ccc([N+](=O)[O-])cc1. The van der Waals surface area contributed by atoms with Gasteiger partial charge in [-0.25, -0.2) is 4.79 Å². The number of esters is 1. The quantitative estimate of drug-likeness (QED) is 0.0715. The molecule has 6 rings (SSSR count). The number of hydrogen-bond donors (Lipinski definition) is 1. The monoisotopic (exact) mass is 689 g/mol. The summed E-state index contributed by atoms with van der Waals surface area (Å²) in [4.78, 5) is 24.0. The lowest BCUT2D eigenvalue weighted by Gasteiger charge is -2.52. The Balaban J connectivity index is 1.38. The summed E-state index contributed by atoms with van der Waals surface area (Å²) in [5.41, 5.74) is 2.15. The zero-order valence-electron chi connectivity index (χ0n) is 27.9. The molecule has 1 saturated heterocycles. The lowest BCUT2D eigenvalue weighted by molar-refractivity contribution is -0.384. The third-order valence-corrected chi connectivity index (χ3v) is 8.78. The second-order valence-electron chi connectivity index (χ2n) is 12.3. The average molecular weight is 690 g/mol. The van der Waals surface area contributed by atoms with Crippen LogP contribution in [-0.4, -0.2) is 52.8 Å². The van der Waals surface area contributed by atoms with Crippen LogP contribution in [0.15, 0.2) is 146 Å². The fourth-order valence-corrected chi connectivity index (χ4v) is 6.15. The standard InChI is InChI=1S/C41H39NO9/c43-37-38(48-27-32-17-9-3-10-18-32)41(25-30-13-5-1-6-14-30,49-28-33-19-11-4-12-20-33)36(29-47-26-31-15-7-2-8-16-31)50-40(37)51-39(44)34-21-23-35(24-22-34)42(45)46/h1-24,36-38,40,43H,25-29H2/t36-,37-,38-,40-,41-/m1/s1. The van der Waals surface area contributed by atoms with Gasteiger partial charge in [-0.3, -0.25) is 10.1 Å². The second kappa shape index (κ2) is 17.1. The van der Waals surface area contributed by atoms with Gasteiger partial charge in [0.05, 0.1) is 36.9 Å². The fourth-order valence-electron chi connectivity index (χ4n) is 6.15. The molecule has 262 valence electrons. The number of aliphatic hydroxyl groups is 1. The Labute approximate surface area is 296 Å². The summed E-state index contributed by atoms with van der Waals surface area (Å²) in [6.07, 6.45) is -4.75. The molecule has 1 fully saturated rings. The second-order valence-corrected chi connectivity index (χ2v) is 12.3. The highest BCUT2D eigenvalue weighted by atomic mass is 16.7. The van der Waals surface area contributed by atoms with E-state index in [4.69, 9.17) is 23.7 Å². The molecule has 1 aliphatic heterocycles. The number of hydrogen-bond acceptors (Lipinski definition) is 9. The van der Waals surface area contributed by atoms with Crippen LogP contribution in [0.25, 0.3) is 0 Å². The predicted octanol–water partition coefficient (Wildman–Crippen LogP) is 6.84. The normalized spacial score (nSPS) is 21.5. The molecule has 5 aromatic rings. The zero-order chi connectivity index (χ0) is 35.5. The number of nitro benzene ring substituents is 1. The van der Waals surface area contributed by atoms with Crippen molar-refractivity contribution in [2.75, 3.05) is 6.61 Å². The summed E-state index contributed by atoms with van der Waals surface area (Å²) in [6, 6.07) is 43.6. The Bertz CT molecular complexity index is 1830. The van der Waals surface area contributed by atoms with Crippen LogP contribution in [0.3, 0.4) is 0 Å². The van der Waals surface area contributed by atoms with Crippen molar-refractivity contribution in [1.29, 1.82) is 0 Å². The molecule has 5 atom stereocenters. The van der Waals surface area contributed by atoms with Crippen LogP contribution in [0.2, 0.25) is 0 Å².